The van der Waals surface area contributed by atoms with Crippen LogP contribution < -0.4 is 0 Å². The molecule has 0 fully saturated rings. The summed E-state index contributed by atoms with van der Waals surface area (Å²) < 4.78 is 1.09. The molecule has 0 radical (unpaired) electrons. The fraction of sp³-hybridized carbons (Fsp3) is 0.0769. The van der Waals surface area contributed by atoms with Gasteiger partial charge in [0.1, 0.15) is 0 Å². The number of hydrogen-bond acceptors (Lipinski definition) is 0. The fourth-order valence-electron chi connectivity index (χ4n) is 1.46. The normalized spacial score (nSPS) is 10.3. The molecule has 2 aromatic rings. The molecule has 0 spiro atoms. The van der Waals surface area contributed by atoms with Crippen molar-refractivity contribution in [3.8, 4) is 11.1 Å². The van der Waals surface area contributed by atoms with Crippen LogP contribution >= 0.6 is 27.5 Å². The van der Waals surface area contributed by atoms with Gasteiger partial charge in [-0.2, -0.15) is 0 Å². The van der Waals surface area contributed by atoms with Crippen molar-refractivity contribution >= 4 is 27.5 Å². The maximum absolute atomic E-state index is 6.10. The van der Waals surface area contributed by atoms with Gasteiger partial charge in [0, 0.05) is 9.50 Å². The maximum atomic E-state index is 6.10. The largest absolute Gasteiger partial charge is 0.0840 e. The minimum atomic E-state index is 0.809. The van der Waals surface area contributed by atoms with Gasteiger partial charge >= 0.3 is 0 Å². The molecular formula is C13H10BrCl. The quantitative estimate of drug-likeness (QED) is 0.684. The second-order valence-electron chi connectivity index (χ2n) is 3.44. The third kappa shape index (κ3) is 2.24. The molecule has 0 saturated heterocycles. The van der Waals surface area contributed by atoms with Crippen molar-refractivity contribution in [2.45, 2.75) is 6.92 Å². The van der Waals surface area contributed by atoms with Crippen LogP contribution in [0.4, 0.5) is 0 Å². The van der Waals surface area contributed by atoms with Gasteiger partial charge in [-0.1, -0.05) is 57.9 Å². The fourth-order valence-corrected chi connectivity index (χ4v) is 2.15. The number of benzene rings is 2. The predicted octanol–water partition coefficient (Wildman–Crippen LogP) is 5.08. The van der Waals surface area contributed by atoms with Gasteiger partial charge in [-0.05, 0) is 35.7 Å². The molecular weight excluding hydrogens is 272 g/mol. The van der Waals surface area contributed by atoms with Crippen LogP contribution in [-0.4, -0.2) is 0 Å². The third-order valence-electron chi connectivity index (χ3n) is 2.36. The highest BCUT2D eigenvalue weighted by atomic mass is 79.9. The Kier molecular flexibility index (Phi) is 3.13. The van der Waals surface area contributed by atoms with E-state index in [1.807, 2.05) is 37.3 Å². The Bertz CT molecular complexity index is 492. The van der Waals surface area contributed by atoms with E-state index in [0.717, 1.165) is 20.6 Å². The van der Waals surface area contributed by atoms with E-state index in [4.69, 9.17) is 11.6 Å². The highest BCUT2D eigenvalue weighted by Crippen LogP contribution is 2.30. The maximum Gasteiger partial charge on any atom is 0.0441 e. The van der Waals surface area contributed by atoms with Crippen molar-refractivity contribution in [1.82, 2.24) is 0 Å². The van der Waals surface area contributed by atoms with Crippen molar-refractivity contribution in [2.75, 3.05) is 0 Å². The lowest BCUT2D eigenvalue weighted by Crippen LogP contribution is -1.81. The first kappa shape index (κ1) is 10.7. The molecule has 0 bridgehead atoms. The Morgan fingerprint density at radius 1 is 1.07 bits per heavy atom. The van der Waals surface area contributed by atoms with Crippen LogP contribution in [0.2, 0.25) is 5.02 Å². The van der Waals surface area contributed by atoms with Crippen LogP contribution in [0.1, 0.15) is 5.56 Å². The number of hydrogen-bond donors (Lipinski definition) is 0. The zero-order chi connectivity index (χ0) is 10.8. The minimum Gasteiger partial charge on any atom is -0.0840 e. The molecule has 2 rings (SSSR count). The van der Waals surface area contributed by atoms with Gasteiger partial charge < -0.3 is 0 Å². The second-order valence-corrected chi connectivity index (χ2v) is 4.71. The molecule has 0 atom stereocenters. The second kappa shape index (κ2) is 4.38. The summed E-state index contributed by atoms with van der Waals surface area (Å²) in [6.07, 6.45) is 0. The Labute approximate surface area is 103 Å². The van der Waals surface area contributed by atoms with Crippen LogP contribution in [0.3, 0.4) is 0 Å². The van der Waals surface area contributed by atoms with Gasteiger partial charge in [-0.3, -0.25) is 0 Å². The first-order valence-electron chi connectivity index (χ1n) is 4.69. The van der Waals surface area contributed by atoms with E-state index in [0.29, 0.717) is 0 Å². The average Bonchev–Trinajstić information content (AvgIpc) is 2.23. The molecule has 0 aliphatic heterocycles. The van der Waals surface area contributed by atoms with Crippen LogP contribution in [0.15, 0.2) is 46.9 Å². The highest BCUT2D eigenvalue weighted by Gasteiger charge is 2.03. The third-order valence-corrected chi connectivity index (χ3v) is 3.46. The van der Waals surface area contributed by atoms with Gasteiger partial charge in [0.2, 0.25) is 0 Å². The molecule has 0 N–H and O–H groups in total. The Morgan fingerprint density at radius 2 is 1.80 bits per heavy atom. The van der Waals surface area contributed by atoms with Crippen molar-refractivity contribution in [1.29, 1.82) is 0 Å². The molecule has 0 aliphatic rings. The van der Waals surface area contributed by atoms with Crippen molar-refractivity contribution in [3.05, 3.63) is 57.5 Å². The summed E-state index contributed by atoms with van der Waals surface area (Å²) in [5, 5.41) is 0.809. The molecule has 0 saturated carbocycles. The Morgan fingerprint density at radius 3 is 2.47 bits per heavy atom. The summed E-state index contributed by atoms with van der Waals surface area (Å²) in [5.74, 6) is 0. The molecule has 0 aromatic heterocycles. The van der Waals surface area contributed by atoms with E-state index >= 15 is 0 Å². The molecule has 2 aromatic carbocycles. The molecule has 0 heterocycles. The number of rotatable bonds is 1. The lowest BCUT2D eigenvalue weighted by Gasteiger charge is -2.06. The van der Waals surface area contributed by atoms with Gasteiger partial charge in [0.25, 0.3) is 0 Å². The summed E-state index contributed by atoms with van der Waals surface area (Å²) in [6, 6.07) is 14.3. The first-order valence-corrected chi connectivity index (χ1v) is 5.86. The average molecular weight is 282 g/mol. The molecule has 2 heteroatoms. The zero-order valence-corrected chi connectivity index (χ0v) is 10.6. The van der Waals surface area contributed by atoms with E-state index in [2.05, 4.69) is 28.1 Å². The predicted molar refractivity (Wildman–Crippen MR) is 69.3 cm³/mol. The van der Waals surface area contributed by atoms with Crippen LogP contribution in [0.25, 0.3) is 11.1 Å². The van der Waals surface area contributed by atoms with E-state index in [9.17, 15) is 0 Å². The van der Waals surface area contributed by atoms with Crippen molar-refractivity contribution in [2.24, 2.45) is 0 Å². The molecule has 15 heavy (non-hydrogen) atoms. The number of halogens is 2. The van der Waals surface area contributed by atoms with Crippen molar-refractivity contribution in [3.63, 3.8) is 0 Å². The van der Waals surface area contributed by atoms with E-state index < -0.39 is 0 Å². The molecule has 0 nitrogen and oxygen atoms in total. The smallest absolute Gasteiger partial charge is 0.0441 e. The van der Waals surface area contributed by atoms with Crippen LogP contribution in [0.5, 0.6) is 0 Å². The summed E-state index contributed by atoms with van der Waals surface area (Å²) >= 11 is 9.63. The van der Waals surface area contributed by atoms with E-state index in [1.54, 1.807) is 0 Å². The van der Waals surface area contributed by atoms with Crippen LogP contribution in [-0.2, 0) is 0 Å². The summed E-state index contributed by atoms with van der Waals surface area (Å²) in [5.41, 5.74) is 3.41. The minimum absolute atomic E-state index is 0.809. The van der Waals surface area contributed by atoms with E-state index in [1.165, 1.54) is 5.56 Å². The van der Waals surface area contributed by atoms with Gasteiger partial charge in [-0.15, -0.1) is 0 Å². The lowest BCUT2D eigenvalue weighted by atomic mass is 10.0. The lowest BCUT2D eigenvalue weighted by molar-refractivity contribution is 1.46. The van der Waals surface area contributed by atoms with Gasteiger partial charge in [-0.25, -0.2) is 0 Å². The zero-order valence-electron chi connectivity index (χ0n) is 8.30. The summed E-state index contributed by atoms with van der Waals surface area (Å²) in [4.78, 5) is 0. The van der Waals surface area contributed by atoms with Crippen molar-refractivity contribution < 1.29 is 0 Å². The topological polar surface area (TPSA) is 0 Å². The highest BCUT2D eigenvalue weighted by molar-refractivity contribution is 9.10. The Balaban J connectivity index is 2.55. The molecule has 0 amide bonds. The van der Waals surface area contributed by atoms with Crippen LogP contribution in [0, 0.1) is 6.92 Å². The molecule has 0 unspecified atom stereocenters. The monoisotopic (exact) mass is 280 g/mol. The van der Waals surface area contributed by atoms with Gasteiger partial charge in [0.05, 0.1) is 0 Å². The first-order chi connectivity index (χ1) is 7.18. The Hall–Kier alpha value is -0.790. The standard InChI is InChI=1S/C13H10BrCl/c1-9-6-7-10(8-13(9)15)11-4-2-3-5-12(11)14/h2-8H,1H3. The summed E-state index contributed by atoms with van der Waals surface area (Å²) in [7, 11) is 0. The summed E-state index contributed by atoms with van der Waals surface area (Å²) in [6.45, 7) is 2.01. The molecule has 76 valence electrons. The number of aryl methyl sites for hydroxylation is 1. The van der Waals surface area contributed by atoms with E-state index in [-0.39, 0.29) is 0 Å². The van der Waals surface area contributed by atoms with Gasteiger partial charge in [0.15, 0.2) is 0 Å². The molecule has 0 aliphatic carbocycles. The SMILES string of the molecule is Cc1ccc(-c2ccccc2Br)cc1Cl.